The van der Waals surface area contributed by atoms with Crippen LogP contribution in [0.3, 0.4) is 0 Å². The second-order valence-corrected chi connectivity index (χ2v) is 15.3. The van der Waals surface area contributed by atoms with Crippen molar-refractivity contribution < 1.29 is 43.7 Å². The minimum absolute atomic E-state index is 0.0129. The first kappa shape index (κ1) is 43.7. The van der Waals surface area contributed by atoms with E-state index in [1.165, 1.54) is 6.07 Å². The lowest BCUT2D eigenvalue weighted by atomic mass is 9.76. The third kappa shape index (κ3) is 12.8. The Hall–Kier alpha value is -4.01. The molecular weight excluding hydrogens is 730 g/mol. The third-order valence-corrected chi connectivity index (χ3v) is 11.2. The second kappa shape index (κ2) is 21.9. The Morgan fingerprint density at radius 1 is 1.00 bits per heavy atom. The van der Waals surface area contributed by atoms with E-state index in [0.29, 0.717) is 89.9 Å². The molecule has 2 aliphatic carbocycles. The maximum atomic E-state index is 13.6. The highest BCUT2D eigenvalue weighted by atomic mass is 35.5. The van der Waals surface area contributed by atoms with E-state index in [9.17, 15) is 34.2 Å². The van der Waals surface area contributed by atoms with Crippen LogP contribution in [0.5, 0.6) is 0 Å². The largest absolute Gasteiger partial charge is 0.481 e. The van der Waals surface area contributed by atoms with Crippen LogP contribution in [0.25, 0.3) is 0 Å². The van der Waals surface area contributed by atoms with E-state index >= 15 is 0 Å². The Balaban J connectivity index is 1.19. The van der Waals surface area contributed by atoms with Crippen molar-refractivity contribution >= 4 is 41.3 Å². The Bertz CT molecular complexity index is 1600. The smallest absolute Gasteiger partial charge is 0.335 e. The fourth-order valence-corrected chi connectivity index (χ4v) is 8.01. The summed E-state index contributed by atoms with van der Waals surface area (Å²) in [5.41, 5.74) is 0.392. The van der Waals surface area contributed by atoms with E-state index in [4.69, 9.17) is 21.1 Å². The van der Waals surface area contributed by atoms with Crippen LogP contribution in [-0.4, -0.2) is 95.5 Å². The van der Waals surface area contributed by atoms with Crippen LogP contribution in [0.15, 0.2) is 24.3 Å². The van der Waals surface area contributed by atoms with Gasteiger partial charge in [0.2, 0.25) is 11.8 Å². The minimum Gasteiger partial charge on any atom is -0.481 e. The number of nitrogens with zero attached hydrogens (tertiary/aromatic N) is 2. The van der Waals surface area contributed by atoms with Crippen molar-refractivity contribution in [3.63, 3.8) is 0 Å². The lowest BCUT2D eigenvalue weighted by molar-refractivity contribution is -0.147. The Morgan fingerprint density at radius 2 is 1.71 bits per heavy atom. The van der Waals surface area contributed by atoms with E-state index in [0.717, 1.165) is 31.2 Å². The monoisotopic (exact) mass is 787 g/mol. The van der Waals surface area contributed by atoms with Gasteiger partial charge >= 0.3 is 11.9 Å². The number of carboxylic acid groups (broad SMARTS) is 2. The van der Waals surface area contributed by atoms with Crippen LogP contribution in [0.1, 0.15) is 123 Å². The summed E-state index contributed by atoms with van der Waals surface area (Å²) >= 11 is 6.48. The van der Waals surface area contributed by atoms with Gasteiger partial charge in [-0.05, 0) is 81.9 Å². The van der Waals surface area contributed by atoms with E-state index in [1.54, 1.807) is 29.9 Å². The number of aryl methyl sites for hydroxylation is 1. The predicted octanol–water partition coefficient (Wildman–Crippen LogP) is 5.24. The van der Waals surface area contributed by atoms with Gasteiger partial charge < -0.3 is 40.2 Å². The van der Waals surface area contributed by atoms with Gasteiger partial charge in [0.05, 0.1) is 36.7 Å². The molecule has 2 saturated carbocycles. The molecule has 0 saturated heterocycles. The van der Waals surface area contributed by atoms with Crippen LogP contribution in [-0.2, 0) is 36.8 Å². The molecule has 4 rings (SSSR count). The molecule has 1 unspecified atom stereocenters. The number of methoxy groups -OCH3 is 1. The summed E-state index contributed by atoms with van der Waals surface area (Å²) in [5.74, 6) is -2.70. The second-order valence-electron chi connectivity index (χ2n) is 14.9. The highest BCUT2D eigenvalue weighted by Crippen LogP contribution is 2.44. The predicted molar refractivity (Wildman–Crippen MR) is 206 cm³/mol. The maximum absolute atomic E-state index is 13.6. The summed E-state index contributed by atoms with van der Waals surface area (Å²) in [7, 11) is 1.56. The number of nitrogens with one attached hydrogen (secondary N) is 3. The Morgan fingerprint density at radius 3 is 2.36 bits per heavy atom. The van der Waals surface area contributed by atoms with E-state index in [-0.39, 0.29) is 65.7 Å². The number of ether oxygens (including phenoxy) is 2. The van der Waals surface area contributed by atoms with Crippen molar-refractivity contribution in [1.82, 2.24) is 25.5 Å². The zero-order chi connectivity index (χ0) is 39.8. The fourth-order valence-electron chi connectivity index (χ4n) is 7.73. The maximum Gasteiger partial charge on any atom is 0.335 e. The van der Waals surface area contributed by atoms with Crippen molar-refractivity contribution in [2.45, 2.75) is 109 Å². The number of aromatic nitrogens is 2. The molecule has 0 bridgehead atoms. The van der Waals surface area contributed by atoms with Crippen LogP contribution in [0, 0.1) is 17.3 Å². The fraction of sp³-hybridized carbons (Fsp3) is 0.650. The average molecular weight is 788 g/mol. The molecule has 1 heterocycles. The molecule has 2 aliphatic rings. The number of rotatable bonds is 23. The molecule has 3 amide bonds. The first-order valence-electron chi connectivity index (χ1n) is 19.7. The Labute approximate surface area is 328 Å². The first-order valence-corrected chi connectivity index (χ1v) is 20.1. The molecule has 2 aromatic rings. The van der Waals surface area contributed by atoms with Gasteiger partial charge in [-0.1, -0.05) is 49.9 Å². The van der Waals surface area contributed by atoms with Crippen molar-refractivity contribution in [3.8, 4) is 0 Å². The van der Waals surface area contributed by atoms with Gasteiger partial charge in [-0.25, -0.2) is 9.78 Å². The standard InChI is InChI=1S/C40H58ClN5O9/c1-3-4-12-32-45-34(41)33(46(32)25-27-10-9-11-29(23-27)37(49)50)36(48)43-20-8-7-19-42-35(47)28-13-15-31(16-14-28)44-39(53)40(17-5-6-18-40)24-30(38(51)52)26-55-22-21-54-2/h9-11,23,28,30-31H,3-8,12-22,24-26H2,1-2H3,(H,42,47)(H,43,48)(H,44,53)(H,49,50)(H,51,52). The van der Waals surface area contributed by atoms with Crippen LogP contribution in [0.4, 0.5) is 0 Å². The molecule has 15 heteroatoms. The quantitative estimate of drug-likeness (QED) is 0.0929. The molecule has 304 valence electrons. The lowest BCUT2D eigenvalue weighted by Crippen LogP contribution is -2.48. The zero-order valence-corrected chi connectivity index (χ0v) is 33.0. The zero-order valence-electron chi connectivity index (χ0n) is 32.2. The lowest BCUT2D eigenvalue weighted by Gasteiger charge is -2.34. The van der Waals surface area contributed by atoms with Crippen LogP contribution >= 0.6 is 11.6 Å². The molecule has 2 fully saturated rings. The molecule has 1 aromatic carbocycles. The summed E-state index contributed by atoms with van der Waals surface area (Å²) < 4.78 is 12.3. The summed E-state index contributed by atoms with van der Waals surface area (Å²) in [6.45, 7) is 3.87. The number of unbranched alkanes of at least 4 members (excludes halogenated alkanes) is 2. The number of aliphatic carboxylic acids is 1. The molecule has 0 aliphatic heterocycles. The van der Waals surface area contributed by atoms with Gasteiger partial charge in [-0.15, -0.1) is 0 Å². The van der Waals surface area contributed by atoms with Gasteiger partial charge in [-0.3, -0.25) is 19.2 Å². The molecule has 1 atom stereocenters. The third-order valence-electron chi connectivity index (χ3n) is 10.9. The SMILES string of the molecule is CCCCc1nc(Cl)c(C(=O)NCCCCNC(=O)C2CCC(NC(=O)C3(CC(COCCOC)C(=O)O)CCCC3)CC2)n1Cc1cccc(C(=O)O)c1. The molecule has 55 heavy (non-hydrogen) atoms. The van der Waals surface area contributed by atoms with E-state index in [2.05, 4.69) is 27.9 Å². The van der Waals surface area contributed by atoms with Crippen molar-refractivity contribution in [1.29, 1.82) is 0 Å². The number of hydrogen-bond acceptors (Lipinski definition) is 8. The number of amides is 3. The summed E-state index contributed by atoms with van der Waals surface area (Å²) in [6, 6.07) is 6.52. The number of carbonyl (C=O) groups is 5. The van der Waals surface area contributed by atoms with Crippen molar-refractivity contribution in [2.75, 3.05) is 40.0 Å². The summed E-state index contributed by atoms with van der Waals surface area (Å²) in [6.07, 6.45) is 9.70. The number of carboxylic acids is 2. The number of benzene rings is 1. The molecule has 5 N–H and O–H groups in total. The van der Waals surface area contributed by atoms with Gasteiger partial charge in [0.15, 0.2) is 5.15 Å². The van der Waals surface area contributed by atoms with Crippen molar-refractivity contribution in [3.05, 3.63) is 52.1 Å². The van der Waals surface area contributed by atoms with Gasteiger partial charge in [-0.2, -0.15) is 0 Å². The molecule has 0 radical (unpaired) electrons. The summed E-state index contributed by atoms with van der Waals surface area (Å²) in [4.78, 5) is 67.9. The topological polar surface area (TPSA) is 198 Å². The first-order chi connectivity index (χ1) is 26.5. The number of carbonyl (C=O) groups excluding carboxylic acids is 3. The Kier molecular flexibility index (Phi) is 17.4. The number of aromatic carboxylic acids is 1. The van der Waals surface area contributed by atoms with Crippen LogP contribution < -0.4 is 16.0 Å². The number of hydrogen-bond donors (Lipinski definition) is 5. The van der Waals surface area contributed by atoms with Gasteiger partial charge in [0.1, 0.15) is 11.5 Å². The number of imidazole rings is 1. The molecule has 0 spiro atoms. The van der Waals surface area contributed by atoms with Gasteiger partial charge in [0, 0.05) is 45.1 Å². The van der Waals surface area contributed by atoms with Crippen molar-refractivity contribution in [2.24, 2.45) is 17.3 Å². The highest BCUT2D eigenvalue weighted by Gasteiger charge is 2.45. The van der Waals surface area contributed by atoms with E-state index < -0.39 is 23.3 Å². The van der Waals surface area contributed by atoms with Crippen LogP contribution in [0.2, 0.25) is 5.15 Å². The minimum atomic E-state index is -1.03. The highest BCUT2D eigenvalue weighted by molar-refractivity contribution is 6.32. The average Bonchev–Trinajstić information content (AvgIpc) is 3.77. The molecule has 1 aromatic heterocycles. The molecular formula is C40H58ClN5O9. The van der Waals surface area contributed by atoms with E-state index in [1.807, 2.05) is 0 Å². The summed E-state index contributed by atoms with van der Waals surface area (Å²) in [5, 5.41) is 28.5. The van der Waals surface area contributed by atoms with Gasteiger partial charge in [0.25, 0.3) is 5.91 Å². The number of halogens is 1. The normalized spacial score (nSPS) is 18.4. The molecule has 14 nitrogen and oxygen atoms in total.